The number of aryl methyl sites for hydroxylation is 3. The molecule has 0 radical (unpaired) electrons. The zero-order valence-corrected chi connectivity index (χ0v) is 16.7. The monoisotopic (exact) mass is 407 g/mol. The third-order valence-corrected chi connectivity index (χ3v) is 5.79. The molecule has 0 spiro atoms. The topological polar surface area (TPSA) is 89.5 Å². The van der Waals surface area contributed by atoms with Crippen LogP contribution in [0.3, 0.4) is 0 Å². The Morgan fingerprint density at radius 3 is 2.18 bits per heavy atom. The van der Waals surface area contributed by atoms with Gasteiger partial charge in [0.15, 0.2) is 16.4 Å². The van der Waals surface area contributed by atoms with Crippen molar-refractivity contribution in [2.75, 3.05) is 17.7 Å². The number of anilines is 1. The van der Waals surface area contributed by atoms with E-state index >= 15 is 0 Å². The van der Waals surface area contributed by atoms with Gasteiger partial charge in [-0.25, -0.2) is 12.8 Å². The minimum Gasteiger partial charge on any atom is -0.456 e. The van der Waals surface area contributed by atoms with E-state index in [9.17, 15) is 22.4 Å². The number of halogens is 1. The van der Waals surface area contributed by atoms with Gasteiger partial charge in [-0.3, -0.25) is 9.59 Å². The van der Waals surface area contributed by atoms with Gasteiger partial charge in [-0.15, -0.1) is 0 Å². The Labute approximate surface area is 163 Å². The van der Waals surface area contributed by atoms with Gasteiger partial charge in [0.25, 0.3) is 5.91 Å². The summed E-state index contributed by atoms with van der Waals surface area (Å²) >= 11 is 0. The first-order chi connectivity index (χ1) is 13.1. The molecule has 2 aromatic rings. The summed E-state index contributed by atoms with van der Waals surface area (Å²) in [7, 11) is -3.74. The largest absolute Gasteiger partial charge is 0.456 e. The second kappa shape index (κ2) is 8.97. The number of esters is 1. The molecule has 0 saturated carbocycles. The van der Waals surface area contributed by atoms with Crippen LogP contribution in [0.1, 0.15) is 23.1 Å². The molecule has 8 heteroatoms. The molecule has 2 aromatic carbocycles. The molecule has 150 valence electrons. The fourth-order valence-electron chi connectivity index (χ4n) is 2.75. The Balaban J connectivity index is 1.85. The van der Waals surface area contributed by atoms with E-state index in [1.165, 1.54) is 0 Å². The van der Waals surface area contributed by atoms with Crippen molar-refractivity contribution in [3.8, 4) is 0 Å². The molecular weight excluding hydrogens is 385 g/mol. The molecule has 0 heterocycles. The molecular formula is C20H22FNO5S. The number of hydrogen-bond acceptors (Lipinski definition) is 5. The molecule has 0 fully saturated rings. The van der Waals surface area contributed by atoms with Crippen LogP contribution in [0.2, 0.25) is 0 Å². The van der Waals surface area contributed by atoms with Crippen LogP contribution in [0.15, 0.2) is 41.3 Å². The summed E-state index contributed by atoms with van der Waals surface area (Å²) in [4.78, 5) is 23.7. The maximum absolute atomic E-state index is 12.9. The molecule has 0 unspecified atom stereocenters. The van der Waals surface area contributed by atoms with Gasteiger partial charge in [0.05, 0.1) is 17.1 Å². The summed E-state index contributed by atoms with van der Waals surface area (Å²) in [6.07, 6.45) is -0.407. The standard InChI is InChI=1S/C20H22FNO5S/c1-13-10-14(2)20(15(3)11-13)22-18(23)12-27-19(24)8-9-28(25,26)17-6-4-16(21)5-7-17/h4-7,10-11H,8-9,12H2,1-3H3,(H,22,23). The second-order valence-electron chi connectivity index (χ2n) is 6.51. The predicted octanol–water partition coefficient (Wildman–Crippen LogP) is 3.10. The average Bonchev–Trinajstić information content (AvgIpc) is 2.61. The summed E-state index contributed by atoms with van der Waals surface area (Å²) in [5.74, 6) is -2.36. The van der Waals surface area contributed by atoms with Crippen molar-refractivity contribution < 1.29 is 27.1 Å². The molecule has 0 aromatic heterocycles. The van der Waals surface area contributed by atoms with Crippen molar-refractivity contribution in [2.24, 2.45) is 0 Å². The van der Waals surface area contributed by atoms with Gasteiger partial charge >= 0.3 is 5.97 Å². The zero-order chi connectivity index (χ0) is 20.9. The van der Waals surface area contributed by atoms with Crippen molar-refractivity contribution in [1.82, 2.24) is 0 Å². The lowest BCUT2D eigenvalue weighted by Gasteiger charge is -2.13. The molecule has 1 N–H and O–H groups in total. The van der Waals surface area contributed by atoms with Gasteiger partial charge in [0.1, 0.15) is 5.82 Å². The van der Waals surface area contributed by atoms with Crippen molar-refractivity contribution in [1.29, 1.82) is 0 Å². The van der Waals surface area contributed by atoms with Crippen LogP contribution in [0, 0.1) is 26.6 Å². The van der Waals surface area contributed by atoms with E-state index in [0.29, 0.717) is 5.69 Å². The minimum absolute atomic E-state index is 0.0789. The SMILES string of the molecule is Cc1cc(C)c(NC(=O)COC(=O)CCS(=O)(=O)c2ccc(F)cc2)c(C)c1. The van der Waals surface area contributed by atoms with E-state index in [4.69, 9.17) is 4.74 Å². The quantitative estimate of drug-likeness (QED) is 0.563. The molecule has 6 nitrogen and oxygen atoms in total. The normalized spacial score (nSPS) is 11.1. The zero-order valence-electron chi connectivity index (χ0n) is 15.9. The Morgan fingerprint density at radius 2 is 1.61 bits per heavy atom. The highest BCUT2D eigenvalue weighted by molar-refractivity contribution is 7.91. The van der Waals surface area contributed by atoms with E-state index in [2.05, 4.69) is 5.32 Å². The van der Waals surface area contributed by atoms with Gasteiger partial charge in [-0.05, 0) is 56.2 Å². The molecule has 1 amide bonds. The lowest BCUT2D eigenvalue weighted by molar-refractivity contribution is -0.146. The molecule has 0 atom stereocenters. The fourth-order valence-corrected chi connectivity index (χ4v) is 3.97. The smallest absolute Gasteiger partial charge is 0.307 e. The summed E-state index contributed by atoms with van der Waals surface area (Å²) in [5.41, 5.74) is 3.51. The van der Waals surface area contributed by atoms with Gasteiger partial charge < -0.3 is 10.1 Å². The molecule has 0 aliphatic heterocycles. The number of benzene rings is 2. The number of sulfone groups is 1. The minimum atomic E-state index is -3.74. The van der Waals surface area contributed by atoms with Crippen LogP contribution in [0.4, 0.5) is 10.1 Å². The average molecular weight is 407 g/mol. The van der Waals surface area contributed by atoms with Gasteiger partial charge in [0.2, 0.25) is 0 Å². The third kappa shape index (κ3) is 5.88. The summed E-state index contributed by atoms with van der Waals surface area (Å²) < 4.78 is 42.0. The van der Waals surface area contributed by atoms with Crippen LogP contribution in [-0.2, 0) is 24.2 Å². The number of carbonyl (C=O) groups excluding carboxylic acids is 2. The van der Waals surface area contributed by atoms with Gasteiger partial charge in [0, 0.05) is 5.69 Å². The molecule has 0 bridgehead atoms. The molecule has 2 rings (SSSR count). The Kier molecular flexibility index (Phi) is 6.90. The van der Waals surface area contributed by atoms with Crippen LogP contribution in [0.25, 0.3) is 0 Å². The lowest BCUT2D eigenvalue weighted by atomic mass is 10.1. The lowest BCUT2D eigenvalue weighted by Crippen LogP contribution is -2.23. The number of rotatable bonds is 7. The molecule has 0 saturated heterocycles. The predicted molar refractivity (Wildman–Crippen MR) is 103 cm³/mol. The van der Waals surface area contributed by atoms with Crippen molar-refractivity contribution in [2.45, 2.75) is 32.1 Å². The maximum atomic E-state index is 12.9. The fraction of sp³-hybridized carbons (Fsp3) is 0.300. The van der Waals surface area contributed by atoms with Gasteiger partial charge in [-0.1, -0.05) is 17.7 Å². The van der Waals surface area contributed by atoms with E-state index < -0.39 is 46.3 Å². The summed E-state index contributed by atoms with van der Waals surface area (Å²) in [6, 6.07) is 8.18. The van der Waals surface area contributed by atoms with Crippen LogP contribution in [0.5, 0.6) is 0 Å². The Hall–Kier alpha value is -2.74. The maximum Gasteiger partial charge on any atom is 0.307 e. The van der Waals surface area contributed by atoms with Gasteiger partial charge in [-0.2, -0.15) is 0 Å². The number of amides is 1. The van der Waals surface area contributed by atoms with E-state index in [1.54, 1.807) is 0 Å². The van der Waals surface area contributed by atoms with Crippen molar-refractivity contribution >= 4 is 27.4 Å². The third-order valence-electron chi connectivity index (χ3n) is 4.05. The van der Waals surface area contributed by atoms with E-state index in [1.807, 2.05) is 32.9 Å². The highest BCUT2D eigenvalue weighted by Crippen LogP contribution is 2.21. The second-order valence-corrected chi connectivity index (χ2v) is 8.61. The van der Waals surface area contributed by atoms with Crippen molar-refractivity contribution in [3.63, 3.8) is 0 Å². The summed E-state index contributed by atoms with van der Waals surface area (Å²) in [5, 5.41) is 2.69. The number of ether oxygens (including phenoxy) is 1. The van der Waals surface area contributed by atoms with Crippen molar-refractivity contribution in [3.05, 3.63) is 58.9 Å². The molecule has 0 aliphatic rings. The first kappa shape index (κ1) is 21.6. The number of hydrogen-bond donors (Lipinski definition) is 1. The van der Waals surface area contributed by atoms with Crippen LogP contribution >= 0.6 is 0 Å². The molecule has 0 aliphatic carbocycles. The number of carbonyl (C=O) groups is 2. The first-order valence-electron chi connectivity index (χ1n) is 8.60. The van der Waals surface area contributed by atoms with Crippen LogP contribution < -0.4 is 5.32 Å². The van der Waals surface area contributed by atoms with E-state index in [0.717, 1.165) is 41.0 Å². The first-order valence-corrected chi connectivity index (χ1v) is 10.3. The Bertz CT molecular complexity index is 961. The Morgan fingerprint density at radius 1 is 1.04 bits per heavy atom. The highest BCUT2D eigenvalue weighted by Gasteiger charge is 2.18. The highest BCUT2D eigenvalue weighted by atomic mass is 32.2. The summed E-state index contributed by atoms with van der Waals surface area (Å²) in [6.45, 7) is 5.17. The number of nitrogens with one attached hydrogen (secondary N) is 1. The molecule has 28 heavy (non-hydrogen) atoms. The van der Waals surface area contributed by atoms with Crippen LogP contribution in [-0.4, -0.2) is 32.7 Å². The van der Waals surface area contributed by atoms with E-state index in [-0.39, 0.29) is 4.90 Å².